The molecule has 1 unspecified atom stereocenters. The van der Waals surface area contributed by atoms with Crippen molar-refractivity contribution in [2.75, 3.05) is 0 Å². The maximum atomic E-state index is 10.4. The molecular weight excluding hydrogens is 200 g/mol. The number of aromatic amines is 1. The number of halogens is 1. The van der Waals surface area contributed by atoms with Gasteiger partial charge in [-0.2, -0.15) is 0 Å². The van der Waals surface area contributed by atoms with Crippen LogP contribution in [-0.2, 0) is 4.79 Å². The molecule has 14 heavy (non-hydrogen) atoms. The fraction of sp³-hybridized carbons (Fsp3) is 0.100. The van der Waals surface area contributed by atoms with Crippen LogP contribution in [0.4, 0.5) is 0 Å². The molecule has 0 amide bonds. The molecule has 1 aromatic heterocycles. The lowest BCUT2D eigenvalue weighted by Gasteiger charge is -1.99. The van der Waals surface area contributed by atoms with E-state index in [2.05, 4.69) is 4.98 Å². The number of hydrogen-bond donors (Lipinski definition) is 2. The van der Waals surface area contributed by atoms with Crippen LogP contribution in [0.25, 0.3) is 10.9 Å². The Kier molecular flexibility index (Phi) is 3.28. The predicted octanol–water partition coefficient (Wildman–Crippen LogP) is 1.70. The number of hydrogen-bond acceptors (Lipinski definition) is 2. The summed E-state index contributed by atoms with van der Waals surface area (Å²) < 4.78 is 0. The van der Waals surface area contributed by atoms with Crippen molar-refractivity contribution in [2.24, 2.45) is 5.73 Å². The Morgan fingerprint density at radius 1 is 1.36 bits per heavy atom. The Morgan fingerprint density at radius 2 is 2.07 bits per heavy atom. The molecule has 1 aromatic carbocycles. The largest absolute Gasteiger partial charge is 0.361 e. The standard InChI is InChI=1S/C10H9N2O.ClH/c11-9(6-13)8-5-12-10-4-2-1-3-7(8)10;/h1-5,9,12H,11H2;1H. The molecule has 3 N–H and O–H groups in total. The quantitative estimate of drug-likeness (QED) is 0.791. The summed E-state index contributed by atoms with van der Waals surface area (Å²) >= 11 is 0. The number of nitrogens with one attached hydrogen (secondary N) is 1. The third-order valence-corrected chi connectivity index (χ3v) is 2.08. The lowest BCUT2D eigenvalue weighted by atomic mass is 10.1. The van der Waals surface area contributed by atoms with Crippen LogP contribution in [0.2, 0.25) is 0 Å². The fourth-order valence-electron chi connectivity index (χ4n) is 1.41. The van der Waals surface area contributed by atoms with E-state index in [9.17, 15) is 4.79 Å². The average molecular weight is 210 g/mol. The summed E-state index contributed by atoms with van der Waals surface area (Å²) in [6, 6.07) is 7.06. The molecule has 73 valence electrons. The lowest BCUT2D eigenvalue weighted by molar-refractivity contribution is 0.544. The van der Waals surface area contributed by atoms with Gasteiger partial charge in [0.25, 0.3) is 0 Å². The summed E-state index contributed by atoms with van der Waals surface area (Å²) in [5.41, 5.74) is 7.35. The number of para-hydroxylation sites is 1. The Hall–Kier alpha value is -1.32. The zero-order chi connectivity index (χ0) is 9.26. The van der Waals surface area contributed by atoms with Crippen molar-refractivity contribution in [1.82, 2.24) is 4.98 Å². The monoisotopic (exact) mass is 209 g/mol. The number of fused-ring (bicyclic) bond motifs is 1. The number of rotatable bonds is 2. The average Bonchev–Trinajstić information content (AvgIpc) is 2.60. The molecule has 1 atom stereocenters. The second-order valence-corrected chi connectivity index (χ2v) is 2.89. The van der Waals surface area contributed by atoms with Crippen molar-refractivity contribution >= 4 is 29.6 Å². The van der Waals surface area contributed by atoms with E-state index in [0.29, 0.717) is 0 Å². The number of benzene rings is 1. The summed E-state index contributed by atoms with van der Waals surface area (Å²) in [5.74, 6) is 0. The molecule has 0 bridgehead atoms. The first-order valence-electron chi connectivity index (χ1n) is 4.02. The molecule has 0 saturated carbocycles. The third kappa shape index (κ3) is 1.64. The molecule has 0 aliphatic heterocycles. The zero-order valence-corrected chi connectivity index (χ0v) is 8.17. The highest BCUT2D eigenvalue weighted by Gasteiger charge is 2.10. The lowest BCUT2D eigenvalue weighted by Crippen LogP contribution is -2.10. The van der Waals surface area contributed by atoms with Gasteiger partial charge in [-0.05, 0) is 6.07 Å². The maximum absolute atomic E-state index is 10.4. The van der Waals surface area contributed by atoms with Crippen LogP contribution in [0, 0.1) is 0 Å². The summed E-state index contributed by atoms with van der Waals surface area (Å²) in [4.78, 5) is 13.4. The summed E-state index contributed by atoms with van der Waals surface area (Å²) in [6.45, 7) is 0. The van der Waals surface area contributed by atoms with Crippen LogP contribution in [-0.4, -0.2) is 11.3 Å². The first-order chi connectivity index (χ1) is 6.33. The summed E-state index contributed by atoms with van der Waals surface area (Å²) in [7, 11) is 0. The van der Waals surface area contributed by atoms with Gasteiger partial charge in [0.2, 0.25) is 6.29 Å². The van der Waals surface area contributed by atoms with Crippen molar-refractivity contribution < 1.29 is 4.79 Å². The number of nitrogens with two attached hydrogens (primary N) is 1. The Morgan fingerprint density at radius 3 is 2.79 bits per heavy atom. The summed E-state index contributed by atoms with van der Waals surface area (Å²) in [6.07, 6.45) is 3.52. The van der Waals surface area contributed by atoms with E-state index in [-0.39, 0.29) is 12.4 Å². The van der Waals surface area contributed by atoms with Crippen molar-refractivity contribution in [3.63, 3.8) is 0 Å². The Balaban J connectivity index is 0.000000980. The van der Waals surface area contributed by atoms with E-state index in [0.717, 1.165) is 16.5 Å². The Bertz CT molecular complexity index is 438. The molecule has 2 aromatic rings. The van der Waals surface area contributed by atoms with E-state index in [4.69, 9.17) is 5.73 Å². The molecule has 0 saturated heterocycles. The highest BCUT2D eigenvalue weighted by atomic mass is 35.5. The molecule has 0 spiro atoms. The minimum atomic E-state index is -0.656. The molecular formula is C10H10ClN2O. The smallest absolute Gasteiger partial charge is 0.221 e. The first-order valence-corrected chi connectivity index (χ1v) is 4.02. The highest BCUT2D eigenvalue weighted by Crippen LogP contribution is 2.21. The van der Waals surface area contributed by atoms with Crippen molar-refractivity contribution in [1.29, 1.82) is 0 Å². The maximum Gasteiger partial charge on any atom is 0.221 e. The van der Waals surface area contributed by atoms with Gasteiger partial charge in [0.15, 0.2) is 0 Å². The van der Waals surface area contributed by atoms with Gasteiger partial charge in [-0.25, -0.2) is 0 Å². The molecule has 1 heterocycles. The first kappa shape index (κ1) is 10.8. The van der Waals surface area contributed by atoms with Gasteiger partial charge in [-0.15, -0.1) is 12.4 Å². The molecule has 2 rings (SSSR count). The number of aromatic nitrogens is 1. The second-order valence-electron chi connectivity index (χ2n) is 2.89. The van der Waals surface area contributed by atoms with Crippen LogP contribution in [0.3, 0.4) is 0 Å². The fourth-order valence-corrected chi connectivity index (χ4v) is 1.41. The van der Waals surface area contributed by atoms with Gasteiger partial charge in [-0.3, -0.25) is 4.79 Å². The topological polar surface area (TPSA) is 58.9 Å². The van der Waals surface area contributed by atoms with Crippen LogP contribution >= 0.6 is 12.4 Å². The van der Waals surface area contributed by atoms with E-state index < -0.39 is 6.04 Å². The van der Waals surface area contributed by atoms with Gasteiger partial charge < -0.3 is 10.7 Å². The minimum absolute atomic E-state index is 0. The van der Waals surface area contributed by atoms with Crippen molar-refractivity contribution in [2.45, 2.75) is 6.04 Å². The highest BCUT2D eigenvalue weighted by molar-refractivity contribution is 5.86. The van der Waals surface area contributed by atoms with E-state index in [1.807, 2.05) is 24.3 Å². The molecule has 3 nitrogen and oxygen atoms in total. The molecule has 0 fully saturated rings. The predicted molar refractivity (Wildman–Crippen MR) is 58.2 cm³/mol. The van der Waals surface area contributed by atoms with Gasteiger partial charge in [0.1, 0.15) is 0 Å². The molecule has 0 aliphatic carbocycles. The van der Waals surface area contributed by atoms with E-state index >= 15 is 0 Å². The Labute approximate surface area is 87.7 Å². The zero-order valence-electron chi connectivity index (χ0n) is 7.36. The van der Waals surface area contributed by atoms with Crippen LogP contribution in [0.15, 0.2) is 30.5 Å². The van der Waals surface area contributed by atoms with Crippen molar-refractivity contribution in [3.05, 3.63) is 36.0 Å². The normalized spacial score (nSPS) is 12.1. The van der Waals surface area contributed by atoms with Gasteiger partial charge in [-0.1, -0.05) is 18.2 Å². The third-order valence-electron chi connectivity index (χ3n) is 2.08. The second kappa shape index (κ2) is 4.26. The van der Waals surface area contributed by atoms with Crippen LogP contribution < -0.4 is 5.73 Å². The minimum Gasteiger partial charge on any atom is -0.361 e. The molecule has 1 radical (unpaired) electrons. The van der Waals surface area contributed by atoms with Gasteiger partial charge in [0.05, 0.1) is 6.04 Å². The summed E-state index contributed by atoms with van der Waals surface area (Å²) in [5, 5.41) is 0.985. The van der Waals surface area contributed by atoms with Gasteiger partial charge >= 0.3 is 0 Å². The number of H-pyrrole nitrogens is 1. The van der Waals surface area contributed by atoms with Crippen LogP contribution in [0.5, 0.6) is 0 Å². The van der Waals surface area contributed by atoms with Crippen molar-refractivity contribution in [3.8, 4) is 0 Å². The van der Waals surface area contributed by atoms with E-state index in [1.54, 1.807) is 12.5 Å². The SMILES string of the molecule is Cl.NC([C]=O)c1c[nH]c2ccccc12. The van der Waals surface area contributed by atoms with Gasteiger partial charge in [0, 0.05) is 22.7 Å². The molecule has 4 heteroatoms. The molecule has 0 aliphatic rings. The van der Waals surface area contributed by atoms with Crippen LogP contribution in [0.1, 0.15) is 11.6 Å². The van der Waals surface area contributed by atoms with E-state index in [1.165, 1.54) is 0 Å². The number of carbonyl (C=O) groups excluding carboxylic acids is 1.